The van der Waals surface area contributed by atoms with Crippen LogP contribution in [0.2, 0.25) is 0 Å². The molecule has 2 aromatic heterocycles. The number of fused-ring (bicyclic) bond motifs is 2. The summed E-state index contributed by atoms with van der Waals surface area (Å²) in [7, 11) is 4.24. The van der Waals surface area contributed by atoms with Crippen molar-refractivity contribution in [1.29, 1.82) is 0 Å². The van der Waals surface area contributed by atoms with E-state index in [1.54, 1.807) is 0 Å². The van der Waals surface area contributed by atoms with E-state index in [-0.39, 0.29) is 5.41 Å². The van der Waals surface area contributed by atoms with Crippen molar-refractivity contribution >= 4 is 27.6 Å². The van der Waals surface area contributed by atoms with E-state index in [9.17, 15) is 4.79 Å². The molecule has 0 atom stereocenters. The van der Waals surface area contributed by atoms with Gasteiger partial charge in [-0.2, -0.15) is 0 Å². The number of nitrogens with zero attached hydrogens (tertiary/aromatic N) is 2. The minimum Gasteiger partial charge on any atom is -0.350 e. The molecule has 0 N–H and O–H groups in total. The number of para-hydroxylation sites is 2. The molecule has 0 unspecified atom stereocenters. The fourth-order valence-electron chi connectivity index (χ4n) is 5.09. The Labute approximate surface area is 159 Å². The van der Waals surface area contributed by atoms with Gasteiger partial charge in [-0.15, -0.1) is 0 Å². The van der Waals surface area contributed by atoms with Crippen LogP contribution in [0.25, 0.3) is 21.8 Å². The quantitative estimate of drug-likeness (QED) is 0.491. The summed E-state index contributed by atoms with van der Waals surface area (Å²) in [4.78, 5) is 12.1. The van der Waals surface area contributed by atoms with Crippen LogP contribution >= 0.6 is 0 Å². The molecule has 3 heteroatoms. The van der Waals surface area contributed by atoms with Crippen molar-refractivity contribution in [3.63, 3.8) is 0 Å². The van der Waals surface area contributed by atoms with Gasteiger partial charge in [0, 0.05) is 66.6 Å². The van der Waals surface area contributed by atoms with Crippen LogP contribution in [0.4, 0.5) is 0 Å². The van der Waals surface area contributed by atoms with Gasteiger partial charge in [-0.1, -0.05) is 36.4 Å². The van der Waals surface area contributed by atoms with Crippen molar-refractivity contribution in [1.82, 2.24) is 9.13 Å². The second-order valence-corrected chi connectivity index (χ2v) is 7.96. The fraction of sp³-hybridized carbons (Fsp3) is 0.292. The standard InChI is InChI=1S/C24H24N2O/c1-25-15-20(18-7-3-5-9-22(18)25)24(13-11-17(27)12-14-24)21-16-26(2)23-10-6-4-8-19(21)23/h3-10,15-16H,11-14H2,1-2H3. The van der Waals surface area contributed by atoms with Gasteiger partial charge in [-0.25, -0.2) is 0 Å². The highest BCUT2D eigenvalue weighted by Gasteiger charge is 2.41. The Morgan fingerprint density at radius 3 is 1.67 bits per heavy atom. The Balaban J connectivity index is 1.84. The number of benzene rings is 2. The summed E-state index contributed by atoms with van der Waals surface area (Å²) >= 11 is 0. The lowest BCUT2D eigenvalue weighted by Gasteiger charge is -2.37. The lowest BCUT2D eigenvalue weighted by atomic mass is 9.65. The number of aryl methyl sites for hydroxylation is 2. The minimum absolute atomic E-state index is 0.115. The van der Waals surface area contributed by atoms with Gasteiger partial charge in [0.15, 0.2) is 0 Å². The van der Waals surface area contributed by atoms with Crippen molar-refractivity contribution in [2.45, 2.75) is 31.1 Å². The molecule has 1 saturated carbocycles. The molecular formula is C24H24N2O. The predicted molar refractivity (Wildman–Crippen MR) is 110 cm³/mol. The molecule has 0 aliphatic heterocycles. The number of rotatable bonds is 2. The Morgan fingerprint density at radius 2 is 1.19 bits per heavy atom. The summed E-state index contributed by atoms with van der Waals surface area (Å²) in [6.45, 7) is 0. The van der Waals surface area contributed by atoms with E-state index in [1.807, 2.05) is 0 Å². The Bertz CT molecular complexity index is 1090. The first-order valence-corrected chi connectivity index (χ1v) is 9.71. The average Bonchev–Trinajstić information content (AvgIpc) is 3.22. The Morgan fingerprint density at radius 1 is 0.741 bits per heavy atom. The number of hydrogen-bond acceptors (Lipinski definition) is 1. The van der Waals surface area contributed by atoms with E-state index in [2.05, 4.69) is 84.2 Å². The molecule has 0 bridgehead atoms. The topological polar surface area (TPSA) is 26.9 Å². The van der Waals surface area contributed by atoms with Crippen LogP contribution in [0.15, 0.2) is 60.9 Å². The Kier molecular flexibility index (Phi) is 3.55. The molecule has 1 aliphatic rings. The maximum Gasteiger partial charge on any atom is 0.133 e. The third kappa shape index (κ3) is 2.31. The highest BCUT2D eigenvalue weighted by Crippen LogP contribution is 2.49. The third-order valence-electron chi connectivity index (χ3n) is 6.49. The maximum absolute atomic E-state index is 12.1. The number of Topliss-reactive ketones (excluding diaryl/α,β-unsaturated/α-hetero) is 1. The molecule has 1 fully saturated rings. The molecular weight excluding hydrogens is 332 g/mol. The van der Waals surface area contributed by atoms with Gasteiger partial charge in [-0.05, 0) is 36.1 Å². The summed E-state index contributed by atoms with van der Waals surface area (Å²) in [6, 6.07) is 17.3. The molecule has 4 aromatic rings. The Hall–Kier alpha value is -2.81. The van der Waals surface area contributed by atoms with E-state index in [0.29, 0.717) is 18.6 Å². The number of carbonyl (C=O) groups is 1. The zero-order valence-corrected chi connectivity index (χ0v) is 15.9. The first-order valence-electron chi connectivity index (χ1n) is 9.71. The van der Waals surface area contributed by atoms with Gasteiger partial charge >= 0.3 is 0 Å². The van der Waals surface area contributed by atoms with Crippen LogP contribution in [-0.4, -0.2) is 14.9 Å². The summed E-state index contributed by atoms with van der Waals surface area (Å²) in [5.41, 5.74) is 5.12. The van der Waals surface area contributed by atoms with Gasteiger partial charge in [-0.3, -0.25) is 4.79 Å². The van der Waals surface area contributed by atoms with Crippen LogP contribution in [0, 0.1) is 0 Å². The van der Waals surface area contributed by atoms with Gasteiger partial charge in [0.05, 0.1) is 0 Å². The van der Waals surface area contributed by atoms with Gasteiger partial charge in [0.2, 0.25) is 0 Å². The molecule has 0 amide bonds. The second kappa shape index (κ2) is 5.85. The number of ketones is 1. The van der Waals surface area contributed by atoms with Crippen molar-refractivity contribution in [2.24, 2.45) is 14.1 Å². The van der Waals surface area contributed by atoms with E-state index < -0.39 is 0 Å². The van der Waals surface area contributed by atoms with E-state index in [0.717, 1.165) is 12.8 Å². The summed E-state index contributed by atoms with van der Waals surface area (Å²) in [5.74, 6) is 0.395. The van der Waals surface area contributed by atoms with Crippen molar-refractivity contribution in [3.05, 3.63) is 72.1 Å². The van der Waals surface area contributed by atoms with Crippen molar-refractivity contribution in [3.8, 4) is 0 Å². The molecule has 0 spiro atoms. The van der Waals surface area contributed by atoms with E-state index >= 15 is 0 Å². The normalized spacial score (nSPS) is 17.0. The molecule has 5 rings (SSSR count). The third-order valence-corrected chi connectivity index (χ3v) is 6.49. The van der Waals surface area contributed by atoms with Gasteiger partial charge < -0.3 is 9.13 Å². The monoisotopic (exact) mass is 356 g/mol. The van der Waals surface area contributed by atoms with Gasteiger partial charge in [0.1, 0.15) is 5.78 Å². The molecule has 0 saturated heterocycles. The molecule has 3 nitrogen and oxygen atoms in total. The number of hydrogen-bond donors (Lipinski definition) is 0. The smallest absolute Gasteiger partial charge is 0.133 e. The van der Waals surface area contributed by atoms with E-state index in [4.69, 9.17) is 0 Å². The van der Waals surface area contributed by atoms with Crippen LogP contribution < -0.4 is 0 Å². The molecule has 2 aromatic carbocycles. The number of carbonyl (C=O) groups excluding carboxylic acids is 1. The summed E-state index contributed by atoms with van der Waals surface area (Å²) in [6.07, 6.45) is 7.67. The van der Waals surface area contributed by atoms with Crippen LogP contribution in [0.5, 0.6) is 0 Å². The number of aromatic nitrogens is 2. The minimum atomic E-state index is -0.115. The SMILES string of the molecule is Cn1cc(C2(c3cn(C)c4ccccc34)CCC(=O)CC2)c2ccccc21. The largest absolute Gasteiger partial charge is 0.350 e. The molecule has 2 heterocycles. The molecule has 0 radical (unpaired) electrons. The van der Waals surface area contributed by atoms with Crippen LogP contribution in [-0.2, 0) is 24.3 Å². The fourth-order valence-corrected chi connectivity index (χ4v) is 5.09. The molecule has 136 valence electrons. The van der Waals surface area contributed by atoms with E-state index in [1.165, 1.54) is 32.9 Å². The van der Waals surface area contributed by atoms with Crippen LogP contribution in [0.3, 0.4) is 0 Å². The maximum atomic E-state index is 12.1. The lowest BCUT2D eigenvalue weighted by Crippen LogP contribution is -2.33. The average molecular weight is 356 g/mol. The molecule has 1 aliphatic carbocycles. The summed E-state index contributed by atoms with van der Waals surface area (Å²) < 4.78 is 4.46. The zero-order valence-electron chi connectivity index (χ0n) is 15.9. The van der Waals surface area contributed by atoms with Crippen molar-refractivity contribution in [2.75, 3.05) is 0 Å². The molecule has 27 heavy (non-hydrogen) atoms. The lowest BCUT2D eigenvalue weighted by molar-refractivity contribution is -0.121. The summed E-state index contributed by atoms with van der Waals surface area (Å²) in [5, 5.41) is 2.62. The first-order chi connectivity index (χ1) is 13.1. The highest BCUT2D eigenvalue weighted by atomic mass is 16.1. The van der Waals surface area contributed by atoms with Crippen molar-refractivity contribution < 1.29 is 4.79 Å². The second-order valence-electron chi connectivity index (χ2n) is 7.96. The van der Waals surface area contributed by atoms with Gasteiger partial charge in [0.25, 0.3) is 0 Å². The highest BCUT2D eigenvalue weighted by molar-refractivity contribution is 5.91. The predicted octanol–water partition coefficient (Wildman–Crippen LogP) is 5.10. The first kappa shape index (κ1) is 16.4. The zero-order chi connectivity index (χ0) is 18.6. The van der Waals surface area contributed by atoms with Crippen LogP contribution in [0.1, 0.15) is 36.8 Å².